The summed E-state index contributed by atoms with van der Waals surface area (Å²) in [5, 5.41) is 13.1. The third-order valence-electron chi connectivity index (χ3n) is 2.35. The Labute approximate surface area is 97.8 Å². The molecule has 0 aliphatic rings. The van der Waals surface area contributed by atoms with Crippen molar-refractivity contribution in [2.24, 2.45) is 0 Å². The monoisotopic (exact) mass is 244 g/mol. The Bertz CT molecular complexity index is 401. The van der Waals surface area contributed by atoms with Gasteiger partial charge in [-0.1, -0.05) is 13.3 Å². The average Bonchev–Trinajstić information content (AvgIpc) is 2.23. The van der Waals surface area contributed by atoms with E-state index in [9.17, 15) is 18.9 Å². The summed E-state index contributed by atoms with van der Waals surface area (Å²) in [7, 11) is 0. The zero-order valence-corrected chi connectivity index (χ0v) is 9.67. The number of non-ortho nitro benzene ring substituents is 1. The van der Waals surface area contributed by atoms with Gasteiger partial charge in [0.15, 0.2) is 11.6 Å². The zero-order chi connectivity index (χ0) is 13.0. The molecular weight excluding hydrogens is 230 g/mol. The van der Waals surface area contributed by atoms with Crippen molar-refractivity contribution in [1.82, 2.24) is 0 Å². The minimum Gasteiger partial charge on any atom is -0.378 e. The largest absolute Gasteiger partial charge is 0.378 e. The number of nitrogens with one attached hydrogen (secondary N) is 1. The van der Waals surface area contributed by atoms with E-state index in [1.165, 1.54) is 0 Å². The minimum absolute atomic E-state index is 0.0922. The van der Waals surface area contributed by atoms with E-state index >= 15 is 0 Å². The van der Waals surface area contributed by atoms with Crippen molar-refractivity contribution >= 4 is 11.4 Å². The van der Waals surface area contributed by atoms with Gasteiger partial charge in [0, 0.05) is 6.04 Å². The number of hydrogen-bond acceptors (Lipinski definition) is 3. The molecule has 0 aromatic heterocycles. The van der Waals surface area contributed by atoms with Crippen molar-refractivity contribution in [3.63, 3.8) is 0 Å². The lowest BCUT2D eigenvalue weighted by molar-refractivity contribution is -0.385. The number of halogens is 2. The number of anilines is 1. The number of nitro benzene ring substituents is 1. The van der Waals surface area contributed by atoms with Crippen molar-refractivity contribution in [1.29, 1.82) is 0 Å². The Morgan fingerprint density at radius 1 is 1.41 bits per heavy atom. The van der Waals surface area contributed by atoms with Gasteiger partial charge in [0.2, 0.25) is 0 Å². The SMILES string of the molecule is CCCC(C)Nc1c(F)cc([N+](=O)[O-])cc1F. The van der Waals surface area contributed by atoms with E-state index in [-0.39, 0.29) is 11.7 Å². The maximum atomic E-state index is 13.5. The molecule has 0 aliphatic heterocycles. The fourth-order valence-corrected chi connectivity index (χ4v) is 1.55. The number of rotatable bonds is 5. The maximum absolute atomic E-state index is 13.5. The van der Waals surface area contributed by atoms with Crippen LogP contribution >= 0.6 is 0 Å². The zero-order valence-electron chi connectivity index (χ0n) is 9.67. The van der Waals surface area contributed by atoms with Crippen LogP contribution in [0.2, 0.25) is 0 Å². The fraction of sp³-hybridized carbons (Fsp3) is 0.455. The lowest BCUT2D eigenvalue weighted by Crippen LogP contribution is -2.16. The van der Waals surface area contributed by atoms with Gasteiger partial charge in [0.1, 0.15) is 5.69 Å². The highest BCUT2D eigenvalue weighted by Gasteiger charge is 2.17. The van der Waals surface area contributed by atoms with E-state index in [0.717, 1.165) is 12.8 Å². The Balaban J connectivity index is 2.97. The molecule has 0 saturated heterocycles. The standard InChI is InChI=1S/C11H14F2N2O2/c1-3-4-7(2)14-11-9(12)5-8(15(16)17)6-10(11)13/h5-7,14H,3-4H2,1-2H3. The summed E-state index contributed by atoms with van der Waals surface area (Å²) >= 11 is 0. The summed E-state index contributed by atoms with van der Waals surface area (Å²) in [6.07, 6.45) is 1.64. The van der Waals surface area contributed by atoms with E-state index in [4.69, 9.17) is 0 Å². The second-order valence-electron chi connectivity index (χ2n) is 3.88. The highest BCUT2D eigenvalue weighted by Crippen LogP contribution is 2.25. The predicted molar refractivity (Wildman–Crippen MR) is 61.0 cm³/mol. The van der Waals surface area contributed by atoms with Crippen LogP contribution in [0.1, 0.15) is 26.7 Å². The van der Waals surface area contributed by atoms with Crippen molar-refractivity contribution in [3.8, 4) is 0 Å². The first kappa shape index (κ1) is 13.3. The van der Waals surface area contributed by atoms with Crippen LogP contribution < -0.4 is 5.32 Å². The molecule has 6 heteroatoms. The van der Waals surface area contributed by atoms with Crippen LogP contribution in [0.4, 0.5) is 20.2 Å². The molecule has 0 heterocycles. The van der Waals surface area contributed by atoms with Gasteiger partial charge in [0.25, 0.3) is 5.69 Å². The van der Waals surface area contributed by atoms with Gasteiger partial charge in [-0.2, -0.15) is 0 Å². The van der Waals surface area contributed by atoms with E-state index in [2.05, 4.69) is 5.32 Å². The van der Waals surface area contributed by atoms with Crippen molar-refractivity contribution < 1.29 is 13.7 Å². The van der Waals surface area contributed by atoms with E-state index in [1.54, 1.807) is 6.92 Å². The average molecular weight is 244 g/mol. The molecule has 1 N–H and O–H groups in total. The molecule has 0 bridgehead atoms. The lowest BCUT2D eigenvalue weighted by Gasteiger charge is -2.15. The molecule has 1 rings (SSSR count). The van der Waals surface area contributed by atoms with Crippen molar-refractivity contribution in [2.45, 2.75) is 32.7 Å². The van der Waals surface area contributed by atoms with Crippen LogP contribution in [0.3, 0.4) is 0 Å². The summed E-state index contributed by atoms with van der Waals surface area (Å²) in [5.74, 6) is -1.89. The van der Waals surface area contributed by atoms with Gasteiger partial charge < -0.3 is 5.32 Å². The molecule has 0 fully saturated rings. The minimum atomic E-state index is -0.945. The number of benzene rings is 1. The molecule has 1 aromatic carbocycles. The molecule has 0 radical (unpaired) electrons. The van der Waals surface area contributed by atoms with Gasteiger partial charge in [-0.25, -0.2) is 8.78 Å². The Morgan fingerprint density at radius 3 is 2.35 bits per heavy atom. The van der Waals surface area contributed by atoms with Gasteiger partial charge in [-0.15, -0.1) is 0 Å². The molecule has 0 spiro atoms. The van der Waals surface area contributed by atoms with Crippen LogP contribution in [-0.2, 0) is 0 Å². The van der Waals surface area contributed by atoms with Gasteiger partial charge in [-0.05, 0) is 13.3 Å². The predicted octanol–water partition coefficient (Wildman–Crippen LogP) is 3.47. The topological polar surface area (TPSA) is 55.2 Å². The molecule has 0 amide bonds. The Kier molecular flexibility index (Phi) is 4.37. The number of nitrogens with zero attached hydrogens (tertiary/aromatic N) is 1. The van der Waals surface area contributed by atoms with Gasteiger partial charge in [0.05, 0.1) is 17.1 Å². The highest BCUT2D eigenvalue weighted by molar-refractivity contribution is 5.52. The van der Waals surface area contributed by atoms with Gasteiger partial charge in [-0.3, -0.25) is 10.1 Å². The molecule has 17 heavy (non-hydrogen) atoms. The van der Waals surface area contributed by atoms with Crippen LogP contribution in [0.5, 0.6) is 0 Å². The molecular formula is C11H14F2N2O2. The third-order valence-corrected chi connectivity index (χ3v) is 2.35. The Hall–Kier alpha value is -1.72. The van der Waals surface area contributed by atoms with E-state index < -0.39 is 22.2 Å². The molecule has 1 unspecified atom stereocenters. The summed E-state index contributed by atoms with van der Waals surface area (Å²) in [6.45, 7) is 3.75. The number of nitro groups is 1. The summed E-state index contributed by atoms with van der Waals surface area (Å²) in [4.78, 5) is 9.57. The number of hydrogen-bond donors (Lipinski definition) is 1. The van der Waals surface area contributed by atoms with Gasteiger partial charge >= 0.3 is 0 Å². The fourth-order valence-electron chi connectivity index (χ4n) is 1.55. The first-order chi connectivity index (χ1) is 7.95. The van der Waals surface area contributed by atoms with Crippen LogP contribution in [0.25, 0.3) is 0 Å². The van der Waals surface area contributed by atoms with Crippen LogP contribution in [0.15, 0.2) is 12.1 Å². The molecule has 4 nitrogen and oxygen atoms in total. The third kappa shape index (κ3) is 3.37. The second kappa shape index (κ2) is 5.56. The maximum Gasteiger partial charge on any atom is 0.275 e. The molecule has 94 valence electrons. The van der Waals surface area contributed by atoms with E-state index in [1.807, 2.05) is 6.92 Å². The van der Waals surface area contributed by atoms with Crippen molar-refractivity contribution in [2.75, 3.05) is 5.32 Å². The molecule has 0 aliphatic carbocycles. The van der Waals surface area contributed by atoms with E-state index in [0.29, 0.717) is 12.1 Å². The normalized spacial score (nSPS) is 12.2. The summed E-state index contributed by atoms with van der Waals surface area (Å²) in [5.41, 5.74) is -0.898. The quantitative estimate of drug-likeness (QED) is 0.637. The highest BCUT2D eigenvalue weighted by atomic mass is 19.1. The smallest absolute Gasteiger partial charge is 0.275 e. The summed E-state index contributed by atoms with van der Waals surface area (Å²) in [6, 6.07) is 1.33. The first-order valence-corrected chi connectivity index (χ1v) is 5.35. The molecule has 0 saturated carbocycles. The lowest BCUT2D eigenvalue weighted by atomic mass is 10.1. The molecule has 1 aromatic rings. The van der Waals surface area contributed by atoms with Crippen molar-refractivity contribution in [3.05, 3.63) is 33.9 Å². The summed E-state index contributed by atoms with van der Waals surface area (Å²) < 4.78 is 26.9. The van der Waals surface area contributed by atoms with Crippen LogP contribution in [0, 0.1) is 21.7 Å². The Morgan fingerprint density at radius 2 is 1.94 bits per heavy atom. The van der Waals surface area contributed by atoms with Crippen LogP contribution in [-0.4, -0.2) is 11.0 Å². The molecule has 1 atom stereocenters. The first-order valence-electron chi connectivity index (χ1n) is 5.35. The second-order valence-corrected chi connectivity index (χ2v) is 3.88.